The van der Waals surface area contributed by atoms with Crippen LogP contribution in [0.4, 0.5) is 0 Å². The Balaban J connectivity index is 2.33. The summed E-state index contributed by atoms with van der Waals surface area (Å²) >= 11 is 1.72. The van der Waals surface area contributed by atoms with E-state index in [9.17, 15) is 0 Å². The maximum Gasteiger partial charge on any atom is 0.191 e. The van der Waals surface area contributed by atoms with Crippen LogP contribution in [-0.2, 0) is 6.54 Å². The van der Waals surface area contributed by atoms with Gasteiger partial charge in [-0.2, -0.15) is 0 Å². The zero-order chi connectivity index (χ0) is 14.3. The number of hydrogen-bond acceptors (Lipinski definition) is 3. The molecule has 0 aromatic carbocycles. The highest BCUT2D eigenvalue weighted by Crippen LogP contribution is 2.10. The molecule has 5 heteroatoms. The first kappa shape index (κ1) is 16.0. The van der Waals surface area contributed by atoms with E-state index in [4.69, 9.17) is 0 Å². The lowest BCUT2D eigenvalue weighted by Gasteiger charge is -2.18. The van der Waals surface area contributed by atoms with Crippen LogP contribution in [-0.4, -0.2) is 24.0 Å². The Labute approximate surface area is 120 Å². The van der Waals surface area contributed by atoms with Gasteiger partial charge in [0, 0.05) is 24.2 Å². The van der Waals surface area contributed by atoms with E-state index in [1.807, 2.05) is 6.20 Å². The summed E-state index contributed by atoms with van der Waals surface area (Å²) in [5.41, 5.74) is 0. The Morgan fingerprint density at radius 2 is 2.11 bits per heavy atom. The highest BCUT2D eigenvalue weighted by atomic mass is 32.1. The van der Waals surface area contributed by atoms with Crippen LogP contribution in [0, 0.1) is 12.8 Å². The fourth-order valence-corrected chi connectivity index (χ4v) is 2.45. The smallest absolute Gasteiger partial charge is 0.191 e. The molecule has 0 amide bonds. The van der Waals surface area contributed by atoms with Gasteiger partial charge in [0.15, 0.2) is 5.96 Å². The Morgan fingerprint density at radius 1 is 1.37 bits per heavy atom. The molecule has 1 heterocycles. The van der Waals surface area contributed by atoms with Crippen molar-refractivity contribution in [1.29, 1.82) is 0 Å². The molecule has 108 valence electrons. The van der Waals surface area contributed by atoms with E-state index >= 15 is 0 Å². The first-order valence-corrected chi connectivity index (χ1v) is 7.71. The molecule has 0 saturated carbocycles. The maximum absolute atomic E-state index is 4.33. The number of aryl methyl sites for hydroxylation is 1. The number of nitrogens with one attached hydrogen (secondary N) is 2. The normalized spacial score (nSPS) is 13.7. The van der Waals surface area contributed by atoms with Gasteiger partial charge < -0.3 is 10.6 Å². The molecule has 1 atom stereocenters. The number of rotatable bonds is 6. The number of guanidine groups is 1. The molecule has 4 nitrogen and oxygen atoms in total. The number of nitrogens with zero attached hydrogens (tertiary/aromatic N) is 2. The third-order valence-electron chi connectivity index (χ3n) is 2.86. The van der Waals surface area contributed by atoms with Gasteiger partial charge in [0.25, 0.3) is 0 Å². The minimum Gasteiger partial charge on any atom is -0.354 e. The Morgan fingerprint density at radius 3 is 2.63 bits per heavy atom. The first-order chi connectivity index (χ1) is 9.01. The van der Waals surface area contributed by atoms with Crippen LogP contribution < -0.4 is 10.6 Å². The molecular formula is C14H26N4S. The van der Waals surface area contributed by atoms with Gasteiger partial charge in [0.2, 0.25) is 0 Å². The zero-order valence-corrected chi connectivity index (χ0v) is 13.5. The van der Waals surface area contributed by atoms with E-state index in [1.54, 1.807) is 18.4 Å². The van der Waals surface area contributed by atoms with Gasteiger partial charge in [-0.3, -0.25) is 4.99 Å². The molecule has 0 saturated heterocycles. The molecule has 0 spiro atoms. The largest absolute Gasteiger partial charge is 0.354 e. The summed E-state index contributed by atoms with van der Waals surface area (Å²) in [6.45, 7) is 9.51. The van der Waals surface area contributed by atoms with Gasteiger partial charge >= 0.3 is 0 Å². The quantitative estimate of drug-likeness (QED) is 0.623. The van der Waals surface area contributed by atoms with Crippen LogP contribution >= 0.6 is 11.3 Å². The lowest BCUT2D eigenvalue weighted by atomic mass is 10.0. The molecule has 1 aromatic heterocycles. The van der Waals surface area contributed by atoms with Gasteiger partial charge in [-0.05, 0) is 32.6 Å². The van der Waals surface area contributed by atoms with Crippen molar-refractivity contribution in [1.82, 2.24) is 15.6 Å². The molecule has 0 aliphatic heterocycles. The highest BCUT2D eigenvalue weighted by Gasteiger charge is 2.07. The van der Waals surface area contributed by atoms with Crippen LogP contribution in [0.15, 0.2) is 11.2 Å². The third-order valence-corrected chi connectivity index (χ3v) is 3.77. The van der Waals surface area contributed by atoms with E-state index in [2.05, 4.69) is 48.3 Å². The summed E-state index contributed by atoms with van der Waals surface area (Å²) < 4.78 is 0. The minimum absolute atomic E-state index is 0.437. The predicted molar refractivity (Wildman–Crippen MR) is 83.7 cm³/mol. The minimum atomic E-state index is 0.437. The molecule has 0 bridgehead atoms. The number of aliphatic imine (C=N–C) groups is 1. The van der Waals surface area contributed by atoms with Gasteiger partial charge in [-0.15, -0.1) is 11.3 Å². The van der Waals surface area contributed by atoms with Crippen molar-refractivity contribution >= 4 is 17.3 Å². The second-order valence-corrected chi connectivity index (χ2v) is 6.63. The molecule has 1 unspecified atom stereocenters. The fourth-order valence-electron chi connectivity index (χ4n) is 1.73. The topological polar surface area (TPSA) is 49.3 Å². The molecule has 0 fully saturated rings. The average molecular weight is 282 g/mol. The van der Waals surface area contributed by atoms with Crippen molar-refractivity contribution in [2.24, 2.45) is 10.9 Å². The van der Waals surface area contributed by atoms with Crippen molar-refractivity contribution in [2.75, 3.05) is 7.05 Å². The van der Waals surface area contributed by atoms with E-state index < -0.39 is 0 Å². The second kappa shape index (κ2) is 8.15. The fraction of sp³-hybridized carbons (Fsp3) is 0.714. The molecule has 0 aliphatic carbocycles. The number of aromatic nitrogens is 1. The van der Waals surface area contributed by atoms with E-state index in [0.717, 1.165) is 29.9 Å². The van der Waals surface area contributed by atoms with Gasteiger partial charge in [0.05, 0.1) is 6.54 Å². The van der Waals surface area contributed by atoms with E-state index in [1.165, 1.54) is 11.3 Å². The van der Waals surface area contributed by atoms with Crippen LogP contribution in [0.2, 0.25) is 0 Å². The van der Waals surface area contributed by atoms with Gasteiger partial charge in [0.1, 0.15) is 5.01 Å². The summed E-state index contributed by atoms with van der Waals surface area (Å²) in [7, 11) is 1.80. The standard InChI is InChI=1S/C14H26N4S/c1-10(2)6-7-11(3)18-14(15-5)17-9-13-16-8-12(4)19-13/h8,10-11H,6-7,9H2,1-5H3,(H2,15,17,18). The van der Waals surface area contributed by atoms with Crippen LogP contribution in [0.5, 0.6) is 0 Å². The summed E-state index contributed by atoms with van der Waals surface area (Å²) in [6, 6.07) is 0.437. The Kier molecular flexibility index (Phi) is 6.84. The second-order valence-electron chi connectivity index (χ2n) is 5.31. The van der Waals surface area contributed by atoms with Gasteiger partial charge in [-0.25, -0.2) is 4.98 Å². The van der Waals surface area contributed by atoms with Crippen molar-refractivity contribution in [3.05, 3.63) is 16.1 Å². The molecular weight excluding hydrogens is 256 g/mol. The highest BCUT2D eigenvalue weighted by molar-refractivity contribution is 7.11. The monoisotopic (exact) mass is 282 g/mol. The average Bonchev–Trinajstić information content (AvgIpc) is 2.77. The SMILES string of the molecule is CN=C(NCc1ncc(C)s1)NC(C)CCC(C)C. The molecule has 19 heavy (non-hydrogen) atoms. The van der Waals surface area contributed by atoms with Crippen molar-refractivity contribution in [2.45, 2.75) is 53.1 Å². The summed E-state index contributed by atoms with van der Waals surface area (Å²) in [5.74, 6) is 1.60. The van der Waals surface area contributed by atoms with E-state index in [0.29, 0.717) is 6.04 Å². The van der Waals surface area contributed by atoms with Crippen molar-refractivity contribution in [3.8, 4) is 0 Å². The Hall–Kier alpha value is -1.10. The number of thiazole rings is 1. The molecule has 2 N–H and O–H groups in total. The maximum atomic E-state index is 4.33. The molecule has 1 aromatic rings. The summed E-state index contributed by atoms with van der Waals surface area (Å²) in [5, 5.41) is 7.81. The third kappa shape index (κ3) is 6.57. The van der Waals surface area contributed by atoms with Gasteiger partial charge in [-0.1, -0.05) is 13.8 Å². The summed E-state index contributed by atoms with van der Waals surface area (Å²) in [4.78, 5) is 9.82. The van der Waals surface area contributed by atoms with Crippen LogP contribution in [0.1, 0.15) is 43.5 Å². The van der Waals surface area contributed by atoms with Crippen molar-refractivity contribution < 1.29 is 0 Å². The predicted octanol–water partition coefficient (Wildman–Crippen LogP) is 2.94. The lowest BCUT2D eigenvalue weighted by molar-refractivity contribution is 0.489. The molecule has 1 rings (SSSR count). The zero-order valence-electron chi connectivity index (χ0n) is 12.7. The molecule has 0 radical (unpaired) electrons. The first-order valence-electron chi connectivity index (χ1n) is 6.89. The summed E-state index contributed by atoms with van der Waals surface area (Å²) in [6.07, 6.45) is 4.30. The van der Waals surface area contributed by atoms with Crippen LogP contribution in [0.25, 0.3) is 0 Å². The molecule has 0 aliphatic rings. The Bertz CT molecular complexity index is 398. The number of hydrogen-bond donors (Lipinski definition) is 2. The lowest BCUT2D eigenvalue weighted by Crippen LogP contribution is -2.41. The van der Waals surface area contributed by atoms with Crippen molar-refractivity contribution in [3.63, 3.8) is 0 Å². The van der Waals surface area contributed by atoms with E-state index in [-0.39, 0.29) is 0 Å². The van der Waals surface area contributed by atoms with Crippen LogP contribution in [0.3, 0.4) is 0 Å².